The topological polar surface area (TPSA) is 27.7 Å². The van der Waals surface area contributed by atoms with Crippen molar-refractivity contribution in [3.8, 4) is 0 Å². The third-order valence-electron chi connectivity index (χ3n) is 3.35. The standard InChI is InChI=1S/C15H33ClO3Si4/c1-10-20(4,5)17-23(15-13-14-16,18-21(6,7)11-2)19-22(8,9)12-3/h10-12H,1-3,13-15H2,4-9H3. The number of alkyl halides is 1. The highest BCUT2D eigenvalue weighted by atomic mass is 35.5. The molecule has 0 rings (SSSR count). The molecule has 0 saturated heterocycles. The van der Waals surface area contributed by atoms with Gasteiger partial charge in [0.1, 0.15) is 0 Å². The summed E-state index contributed by atoms with van der Waals surface area (Å²) in [5, 5.41) is 0. The third kappa shape index (κ3) is 8.78. The first-order chi connectivity index (χ1) is 10.4. The third-order valence-corrected chi connectivity index (χ3v) is 17.6. The van der Waals surface area contributed by atoms with Crippen LogP contribution in [0.2, 0.25) is 45.3 Å². The van der Waals surface area contributed by atoms with Crippen molar-refractivity contribution in [2.24, 2.45) is 0 Å². The summed E-state index contributed by atoms with van der Waals surface area (Å²) in [5.74, 6) is 0.563. The van der Waals surface area contributed by atoms with Crippen molar-refractivity contribution in [1.29, 1.82) is 0 Å². The van der Waals surface area contributed by atoms with Crippen LogP contribution >= 0.6 is 11.6 Å². The lowest BCUT2D eigenvalue weighted by Gasteiger charge is -2.43. The molecule has 0 radical (unpaired) electrons. The van der Waals surface area contributed by atoms with E-state index in [1.54, 1.807) is 0 Å². The molecule has 0 aliphatic carbocycles. The van der Waals surface area contributed by atoms with E-state index in [2.05, 4.69) is 59.0 Å². The van der Waals surface area contributed by atoms with Gasteiger partial charge in [-0.3, -0.25) is 0 Å². The van der Waals surface area contributed by atoms with Crippen LogP contribution in [0, 0.1) is 0 Å². The number of hydrogen-bond donors (Lipinski definition) is 0. The molecule has 0 aromatic heterocycles. The van der Waals surface area contributed by atoms with Crippen molar-refractivity contribution in [3.63, 3.8) is 0 Å². The van der Waals surface area contributed by atoms with Crippen LogP contribution in [-0.2, 0) is 12.3 Å². The minimum atomic E-state index is -2.90. The van der Waals surface area contributed by atoms with Crippen LogP contribution in [0.15, 0.2) is 36.8 Å². The first kappa shape index (κ1) is 23.3. The highest BCUT2D eigenvalue weighted by molar-refractivity contribution is 6.93. The average Bonchev–Trinajstić information content (AvgIpc) is 2.43. The molecule has 0 aliphatic heterocycles. The van der Waals surface area contributed by atoms with Crippen LogP contribution in [-0.4, -0.2) is 39.6 Å². The molecule has 0 aromatic rings. The van der Waals surface area contributed by atoms with Gasteiger partial charge < -0.3 is 12.3 Å². The van der Waals surface area contributed by atoms with Gasteiger partial charge in [-0.15, -0.1) is 31.3 Å². The van der Waals surface area contributed by atoms with Gasteiger partial charge >= 0.3 is 8.80 Å². The van der Waals surface area contributed by atoms with E-state index in [-0.39, 0.29) is 0 Å². The van der Waals surface area contributed by atoms with Gasteiger partial charge in [0.15, 0.2) is 0 Å². The number of hydrogen-bond acceptors (Lipinski definition) is 3. The normalized spacial score (nSPS) is 13.7. The summed E-state index contributed by atoms with van der Waals surface area (Å²) >= 11 is 5.95. The van der Waals surface area contributed by atoms with Crippen LogP contribution in [0.5, 0.6) is 0 Å². The summed E-state index contributed by atoms with van der Waals surface area (Å²) in [6.07, 6.45) is 0.804. The van der Waals surface area contributed by atoms with Crippen molar-refractivity contribution in [1.82, 2.24) is 0 Å². The smallest absolute Gasteiger partial charge is 0.413 e. The maximum Gasteiger partial charge on any atom is 0.470 e. The Labute approximate surface area is 152 Å². The molecular weight excluding hydrogens is 376 g/mol. The lowest BCUT2D eigenvalue weighted by atomic mass is 10.6. The van der Waals surface area contributed by atoms with Gasteiger partial charge in [-0.1, -0.05) is 17.1 Å². The Morgan fingerprint density at radius 2 is 1.04 bits per heavy atom. The Morgan fingerprint density at radius 3 is 1.26 bits per heavy atom. The van der Waals surface area contributed by atoms with Crippen molar-refractivity contribution < 1.29 is 12.3 Å². The SMILES string of the molecule is C=C[Si](C)(C)O[Si](CCCCl)(O[Si](C)(C)C=C)O[Si](C)(C)C=C. The van der Waals surface area contributed by atoms with Crippen molar-refractivity contribution in [2.45, 2.75) is 51.7 Å². The first-order valence-electron chi connectivity index (χ1n) is 7.94. The molecule has 134 valence electrons. The fraction of sp³-hybridized carbons (Fsp3) is 0.600. The highest BCUT2D eigenvalue weighted by Gasteiger charge is 2.50. The molecule has 0 aromatic carbocycles. The minimum Gasteiger partial charge on any atom is -0.413 e. The van der Waals surface area contributed by atoms with Crippen LogP contribution in [0.25, 0.3) is 0 Å². The molecule has 0 atom stereocenters. The molecule has 0 unspecified atom stereocenters. The fourth-order valence-corrected chi connectivity index (χ4v) is 16.3. The summed E-state index contributed by atoms with van der Waals surface area (Å²) in [7, 11) is -9.14. The molecule has 3 nitrogen and oxygen atoms in total. The van der Waals surface area contributed by atoms with Crippen molar-refractivity contribution in [2.75, 3.05) is 5.88 Å². The van der Waals surface area contributed by atoms with Gasteiger partial charge in [-0.2, -0.15) is 0 Å². The van der Waals surface area contributed by atoms with Gasteiger partial charge in [-0.05, 0) is 45.7 Å². The summed E-state index contributed by atoms with van der Waals surface area (Å²) < 4.78 is 19.7. The number of rotatable bonds is 12. The van der Waals surface area contributed by atoms with E-state index in [4.69, 9.17) is 23.9 Å². The highest BCUT2D eigenvalue weighted by Crippen LogP contribution is 2.30. The summed E-state index contributed by atoms with van der Waals surface area (Å²) in [6, 6.07) is 0.718. The van der Waals surface area contributed by atoms with E-state index in [0.29, 0.717) is 5.88 Å². The van der Waals surface area contributed by atoms with Crippen LogP contribution in [0.4, 0.5) is 0 Å². The Bertz CT molecular complexity index is 370. The lowest BCUT2D eigenvalue weighted by molar-refractivity contribution is 0.255. The molecule has 0 aliphatic rings. The summed E-state index contributed by atoms with van der Waals surface area (Å²) in [5.41, 5.74) is 5.77. The molecule has 0 N–H and O–H groups in total. The molecule has 0 heterocycles. The Hall–Kier alpha value is 0.258. The molecule has 23 heavy (non-hydrogen) atoms. The van der Waals surface area contributed by atoms with E-state index >= 15 is 0 Å². The second kappa shape index (κ2) is 9.09. The van der Waals surface area contributed by atoms with E-state index < -0.39 is 33.8 Å². The zero-order valence-electron chi connectivity index (χ0n) is 15.6. The van der Waals surface area contributed by atoms with Crippen LogP contribution in [0.3, 0.4) is 0 Å². The second-order valence-corrected chi connectivity index (χ2v) is 22.7. The summed E-state index contributed by atoms with van der Waals surface area (Å²) in [6.45, 7) is 24.5. The largest absolute Gasteiger partial charge is 0.470 e. The molecular formula is C15H33ClO3Si4. The second-order valence-electron chi connectivity index (χ2n) is 7.20. The predicted octanol–water partition coefficient (Wildman–Crippen LogP) is 5.39. The van der Waals surface area contributed by atoms with E-state index in [1.165, 1.54) is 0 Å². The molecule has 0 bridgehead atoms. The van der Waals surface area contributed by atoms with Gasteiger partial charge in [0.2, 0.25) is 25.0 Å². The predicted molar refractivity (Wildman–Crippen MR) is 112 cm³/mol. The van der Waals surface area contributed by atoms with Crippen molar-refractivity contribution in [3.05, 3.63) is 36.8 Å². The van der Waals surface area contributed by atoms with Gasteiger partial charge in [0, 0.05) is 11.9 Å². The zero-order chi connectivity index (χ0) is 18.4. The van der Waals surface area contributed by atoms with E-state index in [0.717, 1.165) is 12.5 Å². The van der Waals surface area contributed by atoms with E-state index in [1.807, 2.05) is 17.1 Å². The van der Waals surface area contributed by atoms with Crippen LogP contribution < -0.4 is 0 Å². The molecule has 0 saturated carbocycles. The Kier molecular flexibility index (Phi) is 9.20. The quantitative estimate of drug-likeness (QED) is 0.319. The molecule has 0 amide bonds. The number of halogens is 1. The Balaban J connectivity index is 5.83. The molecule has 8 heteroatoms. The van der Waals surface area contributed by atoms with Crippen molar-refractivity contribution >= 4 is 45.4 Å². The fourth-order valence-electron chi connectivity index (χ4n) is 1.83. The van der Waals surface area contributed by atoms with Gasteiger partial charge in [-0.25, -0.2) is 0 Å². The Morgan fingerprint density at radius 1 is 0.739 bits per heavy atom. The lowest BCUT2D eigenvalue weighted by Crippen LogP contribution is -2.61. The van der Waals surface area contributed by atoms with Crippen LogP contribution in [0.1, 0.15) is 6.42 Å². The minimum absolute atomic E-state index is 0.563. The van der Waals surface area contributed by atoms with Gasteiger partial charge in [0.05, 0.1) is 0 Å². The maximum absolute atomic E-state index is 6.58. The zero-order valence-corrected chi connectivity index (χ0v) is 20.3. The van der Waals surface area contributed by atoms with E-state index in [9.17, 15) is 0 Å². The average molecular weight is 409 g/mol. The van der Waals surface area contributed by atoms with Gasteiger partial charge in [0.25, 0.3) is 0 Å². The molecule has 0 spiro atoms. The first-order valence-corrected chi connectivity index (χ1v) is 19.4. The molecule has 0 fully saturated rings. The monoisotopic (exact) mass is 408 g/mol. The maximum atomic E-state index is 6.58. The summed E-state index contributed by atoms with van der Waals surface area (Å²) in [4.78, 5) is 0.